The lowest BCUT2D eigenvalue weighted by Gasteiger charge is -2.37. The van der Waals surface area contributed by atoms with E-state index < -0.39 is 0 Å². The van der Waals surface area contributed by atoms with Gasteiger partial charge in [0.2, 0.25) is 0 Å². The number of aryl methyl sites for hydroxylation is 2. The quantitative estimate of drug-likeness (QED) is 0.295. The Morgan fingerprint density at radius 3 is 2.08 bits per heavy atom. The highest BCUT2D eigenvalue weighted by Crippen LogP contribution is 2.35. The summed E-state index contributed by atoms with van der Waals surface area (Å²) < 4.78 is 1.00. The van der Waals surface area contributed by atoms with E-state index in [1.165, 1.54) is 26.5 Å². The van der Waals surface area contributed by atoms with Gasteiger partial charge in [-0.25, -0.2) is 0 Å². The predicted molar refractivity (Wildman–Crippen MR) is 163 cm³/mol. The lowest BCUT2D eigenvalue weighted by molar-refractivity contribution is -0.152. The van der Waals surface area contributed by atoms with E-state index in [0.717, 1.165) is 36.1 Å². The first kappa shape index (κ1) is 28.1. The van der Waals surface area contributed by atoms with Crippen LogP contribution >= 0.6 is 39.3 Å². The zero-order chi connectivity index (χ0) is 27.5. The highest BCUT2D eigenvalue weighted by Gasteiger charge is 2.32. The Balaban J connectivity index is 1.11. The van der Waals surface area contributed by atoms with Gasteiger partial charge in [0.15, 0.2) is 0 Å². The van der Waals surface area contributed by atoms with Gasteiger partial charge in [0.05, 0.1) is 0 Å². The van der Waals surface area contributed by atoms with Crippen LogP contribution in [0.15, 0.2) is 74.9 Å². The molecule has 0 bridgehead atoms. The van der Waals surface area contributed by atoms with Crippen molar-refractivity contribution in [3.63, 3.8) is 0 Å². The molecule has 5 nitrogen and oxygen atoms in total. The van der Waals surface area contributed by atoms with Crippen molar-refractivity contribution in [1.29, 1.82) is 0 Å². The first-order valence-corrected chi connectivity index (χ1v) is 15.4. The molecule has 0 N–H and O–H groups in total. The Morgan fingerprint density at radius 2 is 1.46 bits per heavy atom. The lowest BCUT2D eigenvalue weighted by Crippen LogP contribution is -2.54. The molecule has 39 heavy (non-hydrogen) atoms. The van der Waals surface area contributed by atoms with Crippen LogP contribution < -0.4 is 4.90 Å². The van der Waals surface area contributed by atoms with Gasteiger partial charge >= 0.3 is 11.8 Å². The zero-order valence-corrected chi connectivity index (χ0v) is 25.5. The minimum absolute atomic E-state index is 0.352. The fourth-order valence-electron chi connectivity index (χ4n) is 5.43. The second-order valence-electron chi connectivity index (χ2n) is 10.4. The molecule has 0 aliphatic carbocycles. The number of piperidine rings is 1. The van der Waals surface area contributed by atoms with Crippen LogP contribution in [0.1, 0.15) is 35.4 Å². The van der Waals surface area contributed by atoms with Crippen molar-refractivity contribution in [3.8, 4) is 0 Å². The topological polar surface area (TPSA) is 43.9 Å². The van der Waals surface area contributed by atoms with Gasteiger partial charge in [0.1, 0.15) is 0 Å². The third kappa shape index (κ3) is 6.64. The number of rotatable bonds is 4. The summed E-state index contributed by atoms with van der Waals surface area (Å²) in [7, 11) is 0. The molecule has 2 aliphatic rings. The summed E-state index contributed by atoms with van der Waals surface area (Å²) in [6.07, 6.45) is 1.68. The molecule has 0 atom stereocenters. The molecule has 2 saturated heterocycles. The van der Waals surface area contributed by atoms with Gasteiger partial charge in [0, 0.05) is 64.2 Å². The molecule has 0 aromatic heterocycles. The standard InChI is InChI=1S/C31H33BrClN3O2S/c1-21-3-10-29(22(2)19-21)39-26-7-5-25(6-8-26)34-15-17-36(18-16-34)31(38)30(37)35-13-11-23(12-14-35)27-9-4-24(33)20-28(27)32/h3-10,19-20,23H,11-18H2,1-2H3. The van der Waals surface area contributed by atoms with Crippen LogP contribution in [0.2, 0.25) is 5.02 Å². The Kier molecular flexibility index (Phi) is 8.89. The summed E-state index contributed by atoms with van der Waals surface area (Å²) in [5, 5.41) is 0.702. The van der Waals surface area contributed by atoms with Gasteiger partial charge in [-0.2, -0.15) is 0 Å². The van der Waals surface area contributed by atoms with Crippen LogP contribution in [0, 0.1) is 13.8 Å². The summed E-state index contributed by atoms with van der Waals surface area (Å²) in [6.45, 7) is 8.00. The van der Waals surface area contributed by atoms with Crippen molar-refractivity contribution < 1.29 is 9.59 Å². The van der Waals surface area contributed by atoms with E-state index in [4.69, 9.17) is 11.6 Å². The molecular formula is C31H33BrClN3O2S. The van der Waals surface area contributed by atoms with Crippen LogP contribution in [0.4, 0.5) is 5.69 Å². The molecule has 204 valence electrons. The van der Waals surface area contributed by atoms with E-state index in [0.29, 0.717) is 37.1 Å². The van der Waals surface area contributed by atoms with E-state index in [9.17, 15) is 9.59 Å². The maximum absolute atomic E-state index is 13.0. The SMILES string of the molecule is Cc1ccc(Sc2ccc(N3CCN(C(=O)C(=O)N4CCC(c5ccc(Cl)cc5Br)CC4)CC3)cc2)c(C)c1. The summed E-state index contributed by atoms with van der Waals surface area (Å²) in [4.78, 5) is 34.3. The number of halogens is 2. The summed E-state index contributed by atoms with van der Waals surface area (Å²) >= 11 is 11.5. The number of nitrogens with zero attached hydrogens (tertiary/aromatic N) is 3. The predicted octanol–water partition coefficient (Wildman–Crippen LogP) is 6.93. The number of hydrogen-bond acceptors (Lipinski definition) is 4. The number of carbonyl (C=O) groups is 2. The fraction of sp³-hybridized carbons (Fsp3) is 0.355. The highest BCUT2D eigenvalue weighted by atomic mass is 79.9. The van der Waals surface area contributed by atoms with Crippen molar-refractivity contribution in [2.24, 2.45) is 0 Å². The molecule has 3 aromatic rings. The van der Waals surface area contributed by atoms with Gasteiger partial charge in [0.25, 0.3) is 0 Å². The molecule has 0 spiro atoms. The molecular weight excluding hydrogens is 594 g/mol. The first-order chi connectivity index (χ1) is 18.8. The zero-order valence-electron chi connectivity index (χ0n) is 22.3. The van der Waals surface area contributed by atoms with Crippen molar-refractivity contribution in [1.82, 2.24) is 9.80 Å². The number of carbonyl (C=O) groups excluding carboxylic acids is 2. The highest BCUT2D eigenvalue weighted by molar-refractivity contribution is 9.10. The van der Waals surface area contributed by atoms with Crippen molar-refractivity contribution in [2.45, 2.75) is 42.4 Å². The molecule has 2 amide bonds. The molecule has 0 radical (unpaired) electrons. The van der Waals surface area contributed by atoms with Crippen molar-refractivity contribution in [2.75, 3.05) is 44.2 Å². The van der Waals surface area contributed by atoms with Gasteiger partial charge in [-0.05, 0) is 86.2 Å². The minimum atomic E-state index is -0.374. The van der Waals surface area contributed by atoms with Crippen LogP contribution in [-0.4, -0.2) is 60.9 Å². The Labute approximate surface area is 248 Å². The molecule has 2 fully saturated rings. The number of hydrogen-bond donors (Lipinski definition) is 0. The largest absolute Gasteiger partial charge is 0.368 e. The van der Waals surface area contributed by atoms with Crippen LogP contribution in [0.5, 0.6) is 0 Å². The summed E-state index contributed by atoms with van der Waals surface area (Å²) in [6, 6.07) is 21.0. The fourth-order valence-corrected chi connectivity index (χ4v) is 7.32. The van der Waals surface area contributed by atoms with E-state index in [2.05, 4.69) is 83.2 Å². The maximum Gasteiger partial charge on any atom is 0.312 e. The second kappa shape index (κ2) is 12.4. The second-order valence-corrected chi connectivity index (χ2v) is 12.8. The van der Waals surface area contributed by atoms with Gasteiger partial charge in [-0.15, -0.1) is 0 Å². The molecule has 2 heterocycles. The Morgan fingerprint density at radius 1 is 0.821 bits per heavy atom. The average Bonchev–Trinajstić information content (AvgIpc) is 2.94. The number of amides is 2. The summed E-state index contributed by atoms with van der Waals surface area (Å²) in [5.41, 5.74) is 4.93. The number of anilines is 1. The maximum atomic E-state index is 13.0. The number of piperazine rings is 1. The van der Waals surface area contributed by atoms with Crippen molar-refractivity contribution >= 4 is 56.8 Å². The van der Waals surface area contributed by atoms with Gasteiger partial charge in [-0.3, -0.25) is 9.59 Å². The number of benzene rings is 3. The van der Waals surface area contributed by atoms with E-state index in [-0.39, 0.29) is 11.8 Å². The van der Waals surface area contributed by atoms with E-state index in [1.54, 1.807) is 21.6 Å². The first-order valence-electron chi connectivity index (χ1n) is 13.4. The average molecular weight is 627 g/mol. The van der Waals surface area contributed by atoms with Gasteiger partial charge in [-0.1, -0.05) is 63.1 Å². The number of likely N-dealkylation sites (tertiary alicyclic amines) is 1. The monoisotopic (exact) mass is 625 g/mol. The molecule has 0 unspecified atom stereocenters. The third-order valence-corrected chi connectivity index (χ3v) is 9.80. The van der Waals surface area contributed by atoms with Crippen molar-refractivity contribution in [3.05, 3.63) is 86.8 Å². The van der Waals surface area contributed by atoms with Crippen LogP contribution in [-0.2, 0) is 9.59 Å². The molecule has 3 aromatic carbocycles. The normalized spacial score (nSPS) is 16.5. The molecule has 0 saturated carbocycles. The van der Waals surface area contributed by atoms with E-state index >= 15 is 0 Å². The van der Waals surface area contributed by atoms with Crippen LogP contribution in [0.25, 0.3) is 0 Å². The molecule has 2 aliphatic heterocycles. The van der Waals surface area contributed by atoms with Gasteiger partial charge < -0.3 is 14.7 Å². The Hall–Kier alpha value is -2.48. The van der Waals surface area contributed by atoms with Crippen LogP contribution in [0.3, 0.4) is 0 Å². The van der Waals surface area contributed by atoms with E-state index in [1.807, 2.05) is 12.1 Å². The third-order valence-electron chi connectivity index (χ3n) is 7.69. The Bertz CT molecular complexity index is 1350. The summed E-state index contributed by atoms with van der Waals surface area (Å²) in [5.74, 6) is -0.393. The minimum Gasteiger partial charge on any atom is -0.368 e. The molecule has 8 heteroatoms. The lowest BCUT2D eigenvalue weighted by atomic mass is 9.89. The molecule has 5 rings (SSSR count). The smallest absolute Gasteiger partial charge is 0.312 e.